The second-order valence-corrected chi connectivity index (χ2v) is 6.78. The fraction of sp³-hybridized carbons (Fsp3) is 0.571. The molecule has 0 rings (SSSR count). The van der Waals surface area contributed by atoms with Crippen LogP contribution in [0.4, 0.5) is 30.7 Å². The van der Waals surface area contributed by atoms with Crippen LogP contribution in [0.5, 0.6) is 0 Å². The summed E-state index contributed by atoms with van der Waals surface area (Å²) in [4.78, 5) is 22.9. The normalized spacial score (nSPS) is 15.1. The molecule has 1 N–H and O–H groups in total. The van der Waals surface area contributed by atoms with Crippen LogP contribution >= 0.6 is 0 Å². The minimum Gasteiger partial charge on any atom is -0.430 e. The first-order valence-corrected chi connectivity index (χ1v) is 8.94. The molecule has 0 bridgehead atoms. The highest BCUT2D eigenvalue weighted by Crippen LogP contribution is 2.42. The minimum absolute atomic E-state index is 0.239. The van der Waals surface area contributed by atoms with Crippen molar-refractivity contribution < 1.29 is 67.5 Å². The summed E-state index contributed by atoms with van der Waals surface area (Å²) in [5.41, 5.74) is 0. The summed E-state index contributed by atoms with van der Waals surface area (Å²) in [6.45, 7) is 4.38. The molecule has 0 spiro atoms. The van der Waals surface area contributed by atoms with E-state index < -0.39 is 71.1 Å². The van der Waals surface area contributed by atoms with Gasteiger partial charge in [0.2, 0.25) is 0 Å². The van der Waals surface area contributed by atoms with Gasteiger partial charge in [0.15, 0.2) is 0 Å². The smallest absolute Gasteiger partial charge is 0.430 e. The van der Waals surface area contributed by atoms with Gasteiger partial charge in [-0.2, -0.15) is 39.2 Å². The number of hydrogen-bond acceptors (Lipinski definition) is 7. The predicted molar refractivity (Wildman–Crippen MR) is 82.6 cm³/mol. The number of alkyl halides is 7. The van der Waals surface area contributed by atoms with Crippen LogP contribution in [0.2, 0.25) is 0 Å². The molecule has 174 valence electrons. The SMILES string of the molecule is C=COC(=O)C(OCCCCC(F)(F)C(F)(F)S(=O)(=O)O)(OC(=O)C=C)C(F)(F)F. The Morgan fingerprint density at radius 3 is 1.93 bits per heavy atom. The van der Waals surface area contributed by atoms with Crippen LogP contribution in [0, 0.1) is 0 Å². The number of unbranched alkanes of at least 4 members (excludes halogenated alkanes) is 1. The van der Waals surface area contributed by atoms with Crippen molar-refractivity contribution >= 4 is 22.1 Å². The molecule has 8 nitrogen and oxygen atoms in total. The molecule has 0 aliphatic heterocycles. The van der Waals surface area contributed by atoms with Crippen molar-refractivity contribution in [2.75, 3.05) is 6.61 Å². The Labute approximate surface area is 165 Å². The van der Waals surface area contributed by atoms with Crippen molar-refractivity contribution in [3.05, 3.63) is 25.5 Å². The van der Waals surface area contributed by atoms with Crippen LogP contribution < -0.4 is 0 Å². The lowest BCUT2D eigenvalue weighted by atomic mass is 10.1. The average Bonchev–Trinajstić information content (AvgIpc) is 2.57. The van der Waals surface area contributed by atoms with E-state index in [9.17, 15) is 48.7 Å². The number of carbonyl (C=O) groups is 2. The van der Waals surface area contributed by atoms with Crippen LogP contribution in [-0.2, 0) is 33.9 Å². The van der Waals surface area contributed by atoms with Gasteiger partial charge in [-0.25, -0.2) is 9.59 Å². The zero-order valence-corrected chi connectivity index (χ0v) is 15.6. The highest BCUT2D eigenvalue weighted by molar-refractivity contribution is 7.87. The van der Waals surface area contributed by atoms with Crippen molar-refractivity contribution in [3.63, 3.8) is 0 Å². The summed E-state index contributed by atoms with van der Waals surface area (Å²) in [7, 11) is -6.48. The first-order chi connectivity index (χ1) is 13.4. The lowest BCUT2D eigenvalue weighted by molar-refractivity contribution is -0.353. The first-order valence-electron chi connectivity index (χ1n) is 7.50. The van der Waals surface area contributed by atoms with E-state index in [2.05, 4.69) is 27.4 Å². The third kappa shape index (κ3) is 6.15. The molecule has 0 aromatic carbocycles. The number of esters is 2. The largest absolute Gasteiger partial charge is 0.468 e. The van der Waals surface area contributed by atoms with Gasteiger partial charge in [0, 0.05) is 12.5 Å². The Balaban J connectivity index is 5.36. The lowest BCUT2D eigenvalue weighted by Crippen LogP contribution is -2.57. The summed E-state index contributed by atoms with van der Waals surface area (Å²) in [5.74, 6) is -13.7. The molecule has 0 aromatic rings. The maximum Gasteiger partial charge on any atom is 0.468 e. The van der Waals surface area contributed by atoms with E-state index in [-0.39, 0.29) is 12.3 Å². The van der Waals surface area contributed by atoms with Crippen molar-refractivity contribution in [3.8, 4) is 0 Å². The number of hydrogen-bond donors (Lipinski definition) is 1. The van der Waals surface area contributed by atoms with Crippen LogP contribution in [0.15, 0.2) is 25.5 Å². The quantitative estimate of drug-likeness (QED) is 0.0870. The van der Waals surface area contributed by atoms with E-state index in [4.69, 9.17) is 4.55 Å². The summed E-state index contributed by atoms with van der Waals surface area (Å²) < 4.78 is 134. The maximum absolute atomic E-state index is 13.3. The third-order valence-corrected chi connectivity index (χ3v) is 4.13. The van der Waals surface area contributed by atoms with Crippen molar-refractivity contribution in [2.45, 2.75) is 42.4 Å². The Kier molecular flexibility index (Phi) is 9.02. The van der Waals surface area contributed by atoms with E-state index in [1.54, 1.807) is 0 Å². The molecule has 0 saturated heterocycles. The van der Waals surface area contributed by atoms with E-state index in [1.165, 1.54) is 0 Å². The van der Waals surface area contributed by atoms with E-state index in [1.807, 2.05) is 0 Å². The number of carbonyl (C=O) groups excluding carboxylic acids is 2. The molecule has 0 radical (unpaired) electrons. The number of halogens is 7. The zero-order chi connectivity index (χ0) is 24.0. The Morgan fingerprint density at radius 2 is 1.53 bits per heavy atom. The van der Waals surface area contributed by atoms with Gasteiger partial charge in [-0.15, -0.1) is 0 Å². The van der Waals surface area contributed by atoms with Gasteiger partial charge in [-0.3, -0.25) is 4.55 Å². The topological polar surface area (TPSA) is 116 Å². The van der Waals surface area contributed by atoms with Gasteiger partial charge in [0.05, 0.1) is 12.9 Å². The summed E-state index contributed by atoms with van der Waals surface area (Å²) in [6, 6.07) is 0. The zero-order valence-electron chi connectivity index (χ0n) is 14.8. The molecule has 16 heteroatoms. The molecular formula is C14H15F7O8S. The third-order valence-electron chi connectivity index (χ3n) is 3.18. The van der Waals surface area contributed by atoms with Gasteiger partial charge in [-0.1, -0.05) is 13.2 Å². The van der Waals surface area contributed by atoms with E-state index in [0.717, 1.165) is 0 Å². The molecule has 0 amide bonds. The standard InChI is InChI=1S/C14H15F7O8S/c1-3-9(22)29-12(13(17,18)19,10(23)27-4-2)28-8-6-5-7-11(15,16)14(20,21)30(24,25)26/h3-4H,1-2,5-8H2,(H,24,25,26). The van der Waals surface area contributed by atoms with Crippen LogP contribution in [-0.4, -0.2) is 54.7 Å². The lowest BCUT2D eigenvalue weighted by Gasteiger charge is -2.31. The molecule has 1 unspecified atom stereocenters. The van der Waals surface area contributed by atoms with Crippen molar-refractivity contribution in [1.29, 1.82) is 0 Å². The molecule has 1 atom stereocenters. The maximum atomic E-state index is 13.3. The number of rotatable bonds is 12. The monoisotopic (exact) mass is 476 g/mol. The van der Waals surface area contributed by atoms with Gasteiger partial charge in [0.1, 0.15) is 0 Å². The van der Waals surface area contributed by atoms with Gasteiger partial charge in [-0.05, 0) is 12.8 Å². The van der Waals surface area contributed by atoms with Crippen molar-refractivity contribution in [1.82, 2.24) is 0 Å². The molecule has 0 aliphatic carbocycles. The Hall–Kier alpha value is -2.20. The number of ether oxygens (including phenoxy) is 3. The fourth-order valence-corrected chi connectivity index (χ4v) is 2.20. The Morgan fingerprint density at radius 1 is 1.00 bits per heavy atom. The predicted octanol–water partition coefficient (Wildman–Crippen LogP) is 2.96. The Bertz CT molecular complexity index is 763. The second kappa shape index (κ2) is 9.74. The molecule has 0 fully saturated rings. The molecule has 0 saturated carbocycles. The first kappa shape index (κ1) is 27.8. The van der Waals surface area contributed by atoms with Crippen LogP contribution in [0.25, 0.3) is 0 Å². The molecule has 0 aliphatic rings. The molecule has 0 aromatic heterocycles. The van der Waals surface area contributed by atoms with Gasteiger partial charge >= 0.3 is 45.2 Å². The fourth-order valence-electron chi connectivity index (χ4n) is 1.72. The highest BCUT2D eigenvalue weighted by Gasteiger charge is 2.68. The minimum atomic E-state index is -6.48. The summed E-state index contributed by atoms with van der Waals surface area (Å²) in [6.07, 6.45) is -9.09. The summed E-state index contributed by atoms with van der Waals surface area (Å²) in [5, 5.41) is -5.86. The molecule has 30 heavy (non-hydrogen) atoms. The molecule has 0 heterocycles. The van der Waals surface area contributed by atoms with Crippen LogP contribution in [0.3, 0.4) is 0 Å². The van der Waals surface area contributed by atoms with Gasteiger partial charge in [0.25, 0.3) is 0 Å². The summed E-state index contributed by atoms with van der Waals surface area (Å²) >= 11 is 0. The average molecular weight is 476 g/mol. The molecular weight excluding hydrogens is 461 g/mol. The van der Waals surface area contributed by atoms with E-state index >= 15 is 0 Å². The van der Waals surface area contributed by atoms with E-state index in [0.29, 0.717) is 0 Å². The highest BCUT2D eigenvalue weighted by atomic mass is 32.2. The van der Waals surface area contributed by atoms with Crippen LogP contribution in [0.1, 0.15) is 19.3 Å². The van der Waals surface area contributed by atoms with Gasteiger partial charge < -0.3 is 14.2 Å². The van der Waals surface area contributed by atoms with Crippen molar-refractivity contribution in [2.24, 2.45) is 0 Å². The second-order valence-electron chi connectivity index (χ2n) is 5.31.